The molecule has 6 nitrogen and oxygen atoms in total. The minimum absolute atomic E-state index is 0.101. The lowest BCUT2D eigenvalue weighted by molar-refractivity contribution is -0.135. The number of carboxylic acids is 1. The molecule has 0 radical (unpaired) electrons. The van der Waals surface area contributed by atoms with E-state index in [4.69, 9.17) is 15.1 Å². The van der Waals surface area contributed by atoms with Crippen molar-refractivity contribution < 1.29 is 24.2 Å². The molecule has 0 amide bonds. The highest BCUT2D eigenvalue weighted by Gasteiger charge is 2.08. The molecule has 0 spiro atoms. The Hall–Kier alpha value is -3.59. The molecule has 0 heterocycles. The zero-order valence-electron chi connectivity index (χ0n) is 12.7. The van der Waals surface area contributed by atoms with Crippen LogP contribution in [0.2, 0.25) is 0 Å². The van der Waals surface area contributed by atoms with Crippen LogP contribution in [0.5, 0.6) is 11.5 Å². The summed E-state index contributed by atoms with van der Waals surface area (Å²) in [5.41, 5.74) is 0.718. The molecule has 0 aliphatic rings. The molecular formula is C18H13NO5. The summed E-state index contributed by atoms with van der Waals surface area (Å²) in [5.74, 6) is -0.671. The smallest absolute Gasteiger partial charge is 0.348 e. The summed E-state index contributed by atoms with van der Waals surface area (Å²) in [7, 11) is 1.21. The Morgan fingerprint density at radius 3 is 2.04 bits per heavy atom. The van der Waals surface area contributed by atoms with Crippen LogP contribution in [-0.2, 0) is 9.53 Å². The Labute approximate surface area is 138 Å². The molecule has 0 saturated carbocycles. The molecule has 120 valence electrons. The summed E-state index contributed by atoms with van der Waals surface area (Å²) in [6.45, 7) is 0. The van der Waals surface area contributed by atoms with Gasteiger partial charge in [0.05, 0.1) is 12.7 Å². The van der Waals surface area contributed by atoms with Crippen LogP contribution in [0.15, 0.2) is 54.1 Å². The Morgan fingerprint density at radius 2 is 1.58 bits per heavy atom. The predicted molar refractivity (Wildman–Crippen MR) is 85.5 cm³/mol. The fourth-order valence-corrected chi connectivity index (χ4v) is 1.85. The van der Waals surface area contributed by atoms with Crippen LogP contribution in [0.1, 0.15) is 15.9 Å². The number of carbonyl (C=O) groups is 2. The van der Waals surface area contributed by atoms with Crippen molar-refractivity contribution >= 4 is 18.0 Å². The number of hydrogen-bond acceptors (Lipinski definition) is 5. The lowest BCUT2D eigenvalue weighted by atomic mass is 10.1. The number of nitrogens with zero attached hydrogens (tertiary/aromatic N) is 1. The minimum Gasteiger partial charge on any atom is -0.478 e. The van der Waals surface area contributed by atoms with Gasteiger partial charge < -0.3 is 14.6 Å². The third-order valence-corrected chi connectivity index (χ3v) is 3.05. The molecule has 2 aromatic carbocycles. The molecule has 0 unspecified atom stereocenters. The van der Waals surface area contributed by atoms with Crippen molar-refractivity contribution in [3.8, 4) is 17.6 Å². The number of aromatic carboxylic acids is 1. The van der Waals surface area contributed by atoms with E-state index in [0.29, 0.717) is 17.1 Å². The van der Waals surface area contributed by atoms with Gasteiger partial charge in [-0.2, -0.15) is 5.26 Å². The van der Waals surface area contributed by atoms with Crippen LogP contribution >= 0.6 is 0 Å². The number of methoxy groups -OCH3 is 1. The minimum atomic E-state index is -1.00. The summed E-state index contributed by atoms with van der Waals surface area (Å²) in [5, 5.41) is 17.8. The molecule has 6 heteroatoms. The molecule has 2 rings (SSSR count). The van der Waals surface area contributed by atoms with Gasteiger partial charge >= 0.3 is 11.9 Å². The summed E-state index contributed by atoms with van der Waals surface area (Å²) in [6.07, 6.45) is 1.41. The molecule has 1 N–H and O–H groups in total. The Balaban J connectivity index is 2.12. The Morgan fingerprint density at radius 1 is 1.04 bits per heavy atom. The van der Waals surface area contributed by atoms with Crippen LogP contribution in [0, 0.1) is 11.3 Å². The molecular weight excluding hydrogens is 310 g/mol. The van der Waals surface area contributed by atoms with E-state index in [1.807, 2.05) is 0 Å². The van der Waals surface area contributed by atoms with Gasteiger partial charge in [-0.25, -0.2) is 9.59 Å². The first-order chi connectivity index (χ1) is 11.5. The molecule has 0 atom stereocenters. The van der Waals surface area contributed by atoms with Crippen LogP contribution in [-0.4, -0.2) is 24.2 Å². The Bertz CT molecular complexity index is 814. The van der Waals surface area contributed by atoms with Gasteiger partial charge in [0, 0.05) is 0 Å². The van der Waals surface area contributed by atoms with Crippen molar-refractivity contribution in [2.24, 2.45) is 0 Å². The average molecular weight is 323 g/mol. The van der Waals surface area contributed by atoms with Gasteiger partial charge in [0.1, 0.15) is 23.1 Å². The van der Waals surface area contributed by atoms with Crippen molar-refractivity contribution in [1.82, 2.24) is 0 Å². The maximum absolute atomic E-state index is 11.4. The highest BCUT2D eigenvalue weighted by atomic mass is 16.5. The van der Waals surface area contributed by atoms with E-state index < -0.39 is 11.9 Å². The molecule has 0 aliphatic carbocycles. The molecule has 0 aliphatic heterocycles. The second-order valence-corrected chi connectivity index (χ2v) is 4.66. The number of esters is 1. The third kappa shape index (κ3) is 4.21. The van der Waals surface area contributed by atoms with Crippen LogP contribution in [0.25, 0.3) is 6.08 Å². The van der Waals surface area contributed by atoms with Gasteiger partial charge in [-0.3, -0.25) is 0 Å². The number of carboxylic acid groups (broad SMARTS) is 1. The van der Waals surface area contributed by atoms with Gasteiger partial charge in [-0.15, -0.1) is 0 Å². The van der Waals surface area contributed by atoms with Gasteiger partial charge in [0.2, 0.25) is 0 Å². The maximum atomic E-state index is 11.4. The van der Waals surface area contributed by atoms with E-state index in [1.54, 1.807) is 42.5 Å². The highest BCUT2D eigenvalue weighted by molar-refractivity contribution is 5.97. The van der Waals surface area contributed by atoms with E-state index >= 15 is 0 Å². The number of hydrogen-bond donors (Lipinski definition) is 1. The largest absolute Gasteiger partial charge is 0.478 e. The number of carbonyl (C=O) groups excluding carboxylic acids is 1. The Kier molecular flexibility index (Phi) is 5.32. The van der Waals surface area contributed by atoms with Crippen molar-refractivity contribution in [3.63, 3.8) is 0 Å². The second-order valence-electron chi connectivity index (χ2n) is 4.66. The molecule has 0 bridgehead atoms. The fraction of sp³-hybridized carbons (Fsp3) is 0.0556. The number of rotatable bonds is 5. The van der Waals surface area contributed by atoms with E-state index in [0.717, 1.165) is 0 Å². The van der Waals surface area contributed by atoms with E-state index in [9.17, 15) is 9.59 Å². The number of nitriles is 1. The number of ether oxygens (including phenoxy) is 2. The van der Waals surface area contributed by atoms with E-state index in [1.165, 1.54) is 25.3 Å². The van der Waals surface area contributed by atoms with Crippen molar-refractivity contribution in [1.29, 1.82) is 5.26 Å². The lowest BCUT2D eigenvalue weighted by Gasteiger charge is -2.06. The van der Waals surface area contributed by atoms with E-state index in [-0.39, 0.29) is 11.1 Å². The van der Waals surface area contributed by atoms with Crippen LogP contribution < -0.4 is 4.74 Å². The highest BCUT2D eigenvalue weighted by Crippen LogP contribution is 2.22. The summed E-state index contributed by atoms with van der Waals surface area (Å²) in [4.78, 5) is 22.1. The lowest BCUT2D eigenvalue weighted by Crippen LogP contribution is -2.02. The first-order valence-electron chi connectivity index (χ1n) is 6.85. The van der Waals surface area contributed by atoms with Crippen LogP contribution in [0.3, 0.4) is 0 Å². The van der Waals surface area contributed by atoms with Crippen molar-refractivity contribution in [3.05, 3.63) is 65.2 Å². The first kappa shape index (κ1) is 16.8. The fourth-order valence-electron chi connectivity index (χ4n) is 1.85. The van der Waals surface area contributed by atoms with Gasteiger partial charge in [0.25, 0.3) is 0 Å². The molecule has 0 aromatic heterocycles. The van der Waals surface area contributed by atoms with Gasteiger partial charge in [-0.05, 0) is 48.0 Å². The summed E-state index contributed by atoms with van der Waals surface area (Å²) in [6, 6.07) is 14.5. The second kappa shape index (κ2) is 7.61. The average Bonchev–Trinajstić information content (AvgIpc) is 2.61. The molecule has 2 aromatic rings. The molecule has 0 saturated heterocycles. The summed E-state index contributed by atoms with van der Waals surface area (Å²) >= 11 is 0. The zero-order valence-corrected chi connectivity index (χ0v) is 12.7. The SMILES string of the molecule is COC(=O)C(C#N)=Cc1ccc(Oc2ccc(C(=O)O)cc2)cc1. The van der Waals surface area contributed by atoms with Crippen molar-refractivity contribution in [2.75, 3.05) is 7.11 Å². The zero-order chi connectivity index (χ0) is 17.5. The standard InChI is InChI=1S/C18H13NO5/c1-23-18(22)14(11-19)10-12-2-6-15(7-3-12)24-16-8-4-13(5-9-16)17(20)21/h2-10H,1H3,(H,20,21). The number of benzene rings is 2. The molecule has 0 fully saturated rings. The quantitative estimate of drug-likeness (QED) is 0.515. The normalized spacial score (nSPS) is 10.6. The van der Waals surface area contributed by atoms with Gasteiger partial charge in [0.15, 0.2) is 0 Å². The summed E-state index contributed by atoms with van der Waals surface area (Å²) < 4.78 is 10.1. The predicted octanol–water partition coefficient (Wildman–Crippen LogP) is 3.26. The topological polar surface area (TPSA) is 96.6 Å². The maximum Gasteiger partial charge on any atom is 0.348 e. The third-order valence-electron chi connectivity index (χ3n) is 3.05. The van der Waals surface area contributed by atoms with Crippen molar-refractivity contribution in [2.45, 2.75) is 0 Å². The van der Waals surface area contributed by atoms with Gasteiger partial charge in [-0.1, -0.05) is 12.1 Å². The monoisotopic (exact) mass is 323 g/mol. The molecule has 24 heavy (non-hydrogen) atoms. The first-order valence-corrected chi connectivity index (χ1v) is 6.85. The van der Waals surface area contributed by atoms with E-state index in [2.05, 4.69) is 4.74 Å². The van der Waals surface area contributed by atoms with Crippen LogP contribution in [0.4, 0.5) is 0 Å².